The molecule has 0 saturated carbocycles. The van der Waals surface area contributed by atoms with Crippen molar-refractivity contribution in [3.8, 4) is 0 Å². The highest BCUT2D eigenvalue weighted by atomic mass is 32.1. The average molecular weight is 196 g/mol. The lowest BCUT2D eigenvalue weighted by Crippen LogP contribution is -2.30. The number of ether oxygens (including phenoxy) is 2. The van der Waals surface area contributed by atoms with Gasteiger partial charge in [0.05, 0.1) is 13.2 Å². The predicted octanol–water partition coefficient (Wildman–Crippen LogP) is 1.62. The van der Waals surface area contributed by atoms with Gasteiger partial charge in [0.2, 0.25) is 0 Å². The monoisotopic (exact) mass is 196 g/mol. The quantitative estimate of drug-likeness (QED) is 0.497. The zero-order valence-corrected chi connectivity index (χ0v) is 8.83. The minimum absolute atomic E-state index is 0.495. The molecule has 4 heteroatoms. The standard InChI is InChI=1S/C7H16O2S2/c1-7(2,8-3-5-10)9-4-6-11/h10-11H,3-6H2,1-2H3. The smallest absolute Gasteiger partial charge is 0.162 e. The van der Waals surface area contributed by atoms with Gasteiger partial charge >= 0.3 is 0 Å². The molecule has 0 heterocycles. The summed E-state index contributed by atoms with van der Waals surface area (Å²) in [6.45, 7) is 5.01. The largest absolute Gasteiger partial charge is 0.350 e. The van der Waals surface area contributed by atoms with Crippen molar-refractivity contribution in [1.82, 2.24) is 0 Å². The predicted molar refractivity (Wildman–Crippen MR) is 53.7 cm³/mol. The van der Waals surface area contributed by atoms with Crippen LogP contribution in [0.4, 0.5) is 0 Å². The van der Waals surface area contributed by atoms with Crippen LogP contribution in [-0.2, 0) is 9.47 Å². The zero-order chi connectivity index (χ0) is 8.74. The first kappa shape index (κ1) is 11.6. The van der Waals surface area contributed by atoms with Gasteiger partial charge in [-0.15, -0.1) is 0 Å². The third-order valence-corrected chi connectivity index (χ3v) is 1.45. The van der Waals surface area contributed by atoms with Gasteiger partial charge in [-0.1, -0.05) is 0 Å². The van der Waals surface area contributed by atoms with Crippen molar-refractivity contribution in [2.24, 2.45) is 0 Å². The Labute approximate surface area is 79.5 Å². The van der Waals surface area contributed by atoms with Crippen molar-refractivity contribution in [2.75, 3.05) is 24.7 Å². The molecule has 0 atom stereocenters. The fourth-order valence-corrected chi connectivity index (χ4v) is 0.807. The minimum atomic E-state index is -0.495. The number of hydrogen-bond acceptors (Lipinski definition) is 4. The average Bonchev–Trinajstić information content (AvgIpc) is 1.97. The van der Waals surface area contributed by atoms with Crippen molar-refractivity contribution >= 4 is 25.3 Å². The van der Waals surface area contributed by atoms with Crippen molar-refractivity contribution in [3.63, 3.8) is 0 Å². The molecule has 0 N–H and O–H groups in total. The van der Waals surface area contributed by atoms with Gasteiger partial charge in [-0.25, -0.2) is 0 Å². The van der Waals surface area contributed by atoms with Crippen molar-refractivity contribution in [1.29, 1.82) is 0 Å². The molecule has 0 fully saturated rings. The highest BCUT2D eigenvalue weighted by Gasteiger charge is 2.17. The fourth-order valence-electron chi connectivity index (χ4n) is 0.625. The maximum atomic E-state index is 5.35. The molecule has 0 aromatic rings. The maximum Gasteiger partial charge on any atom is 0.162 e. The van der Waals surface area contributed by atoms with E-state index >= 15 is 0 Å². The highest BCUT2D eigenvalue weighted by Crippen LogP contribution is 2.10. The second kappa shape index (κ2) is 6.17. The number of hydrogen-bond donors (Lipinski definition) is 2. The van der Waals surface area contributed by atoms with Crippen LogP contribution in [0.2, 0.25) is 0 Å². The Hall–Kier alpha value is 0.620. The number of thiol groups is 2. The summed E-state index contributed by atoms with van der Waals surface area (Å²) in [4.78, 5) is 0. The van der Waals surface area contributed by atoms with Gasteiger partial charge in [-0.05, 0) is 13.8 Å². The first-order valence-corrected chi connectivity index (χ1v) is 4.88. The third-order valence-electron chi connectivity index (χ3n) is 1.08. The maximum absolute atomic E-state index is 5.35. The molecular formula is C7H16O2S2. The Balaban J connectivity index is 3.43. The minimum Gasteiger partial charge on any atom is -0.350 e. The molecule has 2 nitrogen and oxygen atoms in total. The van der Waals surface area contributed by atoms with Gasteiger partial charge in [0.15, 0.2) is 5.79 Å². The van der Waals surface area contributed by atoms with Crippen LogP contribution in [0.15, 0.2) is 0 Å². The Morgan fingerprint density at radius 1 is 1.00 bits per heavy atom. The SMILES string of the molecule is CC(C)(OCCS)OCCS. The second-order valence-corrected chi connectivity index (χ2v) is 3.44. The van der Waals surface area contributed by atoms with E-state index in [0.717, 1.165) is 0 Å². The van der Waals surface area contributed by atoms with E-state index in [2.05, 4.69) is 25.3 Å². The molecule has 0 aliphatic carbocycles. The first-order valence-electron chi connectivity index (χ1n) is 3.62. The van der Waals surface area contributed by atoms with Crippen LogP contribution in [0.3, 0.4) is 0 Å². The van der Waals surface area contributed by atoms with Crippen LogP contribution in [-0.4, -0.2) is 30.5 Å². The zero-order valence-electron chi connectivity index (χ0n) is 7.04. The molecule has 0 aliphatic heterocycles. The summed E-state index contributed by atoms with van der Waals surface area (Å²) in [5, 5.41) is 0. The van der Waals surface area contributed by atoms with Gasteiger partial charge < -0.3 is 9.47 Å². The van der Waals surface area contributed by atoms with Crippen LogP contribution >= 0.6 is 25.3 Å². The molecule has 0 amide bonds. The summed E-state index contributed by atoms with van der Waals surface area (Å²) in [5.41, 5.74) is 0. The molecule has 0 saturated heterocycles. The lowest BCUT2D eigenvalue weighted by molar-refractivity contribution is -0.206. The third kappa shape index (κ3) is 7.00. The fraction of sp³-hybridized carbons (Fsp3) is 1.00. The Bertz CT molecular complexity index is 86.4. The van der Waals surface area contributed by atoms with Crippen LogP contribution < -0.4 is 0 Å². The van der Waals surface area contributed by atoms with Gasteiger partial charge in [-0.3, -0.25) is 0 Å². The lowest BCUT2D eigenvalue weighted by atomic mass is 10.4. The van der Waals surface area contributed by atoms with Crippen molar-refractivity contribution in [2.45, 2.75) is 19.6 Å². The molecule has 11 heavy (non-hydrogen) atoms. The molecule has 0 radical (unpaired) electrons. The van der Waals surface area contributed by atoms with Crippen LogP contribution in [0.5, 0.6) is 0 Å². The van der Waals surface area contributed by atoms with Crippen molar-refractivity contribution < 1.29 is 9.47 Å². The molecule has 68 valence electrons. The van der Waals surface area contributed by atoms with Gasteiger partial charge in [0, 0.05) is 11.5 Å². The van der Waals surface area contributed by atoms with E-state index in [9.17, 15) is 0 Å². The molecule has 0 aliphatic rings. The molecule has 0 unspecified atom stereocenters. The van der Waals surface area contributed by atoms with Crippen LogP contribution in [0.25, 0.3) is 0 Å². The summed E-state index contributed by atoms with van der Waals surface area (Å²) in [6.07, 6.45) is 0. The molecule has 0 spiro atoms. The topological polar surface area (TPSA) is 18.5 Å². The van der Waals surface area contributed by atoms with Gasteiger partial charge in [0.25, 0.3) is 0 Å². The summed E-state index contributed by atoms with van der Waals surface area (Å²) < 4.78 is 10.7. The second-order valence-electron chi connectivity index (χ2n) is 2.54. The van der Waals surface area contributed by atoms with Gasteiger partial charge in [-0.2, -0.15) is 25.3 Å². The summed E-state index contributed by atoms with van der Waals surface area (Å²) in [7, 11) is 0. The lowest BCUT2D eigenvalue weighted by Gasteiger charge is -2.24. The van der Waals surface area contributed by atoms with E-state index < -0.39 is 5.79 Å². The van der Waals surface area contributed by atoms with E-state index in [0.29, 0.717) is 24.7 Å². The van der Waals surface area contributed by atoms with Crippen LogP contribution in [0, 0.1) is 0 Å². The Morgan fingerprint density at radius 2 is 1.36 bits per heavy atom. The van der Waals surface area contributed by atoms with E-state index in [1.54, 1.807) is 0 Å². The number of rotatable bonds is 6. The molecule has 0 rings (SSSR count). The highest BCUT2D eigenvalue weighted by molar-refractivity contribution is 7.80. The molecular weight excluding hydrogens is 180 g/mol. The summed E-state index contributed by atoms with van der Waals surface area (Å²) >= 11 is 8.06. The van der Waals surface area contributed by atoms with Gasteiger partial charge in [0.1, 0.15) is 0 Å². The Kier molecular flexibility index (Phi) is 6.52. The van der Waals surface area contributed by atoms with Crippen LogP contribution in [0.1, 0.15) is 13.8 Å². The molecule has 0 aromatic carbocycles. The normalized spacial score (nSPS) is 12.0. The van der Waals surface area contributed by atoms with E-state index in [-0.39, 0.29) is 0 Å². The summed E-state index contributed by atoms with van der Waals surface area (Å²) in [6, 6.07) is 0. The first-order chi connectivity index (χ1) is 5.12. The Morgan fingerprint density at radius 3 is 1.64 bits per heavy atom. The van der Waals surface area contributed by atoms with E-state index in [1.165, 1.54) is 0 Å². The molecule has 0 bridgehead atoms. The van der Waals surface area contributed by atoms with Crippen molar-refractivity contribution in [3.05, 3.63) is 0 Å². The molecule has 0 aromatic heterocycles. The van der Waals surface area contributed by atoms with E-state index in [1.807, 2.05) is 13.8 Å². The van der Waals surface area contributed by atoms with E-state index in [4.69, 9.17) is 9.47 Å². The summed E-state index contributed by atoms with van der Waals surface area (Å²) in [5.74, 6) is 0.937.